The minimum Gasteiger partial charge on any atom is -0.380 e. The molecular weight excluding hydrogens is 308 g/mol. The Kier molecular flexibility index (Phi) is 4.72. The van der Waals surface area contributed by atoms with Crippen LogP contribution in [0.5, 0.6) is 0 Å². The second-order valence-corrected chi connectivity index (χ2v) is 8.61. The van der Waals surface area contributed by atoms with E-state index >= 15 is 0 Å². The molecule has 2 atom stereocenters. The summed E-state index contributed by atoms with van der Waals surface area (Å²) in [6.07, 6.45) is 6.68. The van der Waals surface area contributed by atoms with Gasteiger partial charge in [0.05, 0.1) is 19.3 Å². The third kappa shape index (κ3) is 3.78. The van der Waals surface area contributed by atoms with Gasteiger partial charge in [0.15, 0.2) is 0 Å². The Morgan fingerprint density at radius 2 is 2.35 bits per heavy atom. The summed E-state index contributed by atoms with van der Waals surface area (Å²) in [5.41, 5.74) is 1.35. The third-order valence-electron chi connectivity index (χ3n) is 5.53. The lowest BCUT2D eigenvalue weighted by molar-refractivity contribution is -0.154. The highest BCUT2D eigenvalue weighted by Gasteiger charge is 2.46. The molecule has 5 heteroatoms. The lowest BCUT2D eigenvalue weighted by Gasteiger charge is -2.50. The van der Waals surface area contributed by atoms with E-state index in [0.29, 0.717) is 6.10 Å². The van der Waals surface area contributed by atoms with Gasteiger partial charge in [-0.05, 0) is 44.9 Å². The molecule has 0 bridgehead atoms. The van der Waals surface area contributed by atoms with Crippen LogP contribution < -0.4 is 0 Å². The van der Waals surface area contributed by atoms with Crippen LogP contribution in [-0.4, -0.2) is 48.9 Å². The van der Waals surface area contributed by atoms with Crippen LogP contribution in [0.15, 0.2) is 5.38 Å². The molecule has 4 rings (SSSR count). The van der Waals surface area contributed by atoms with Gasteiger partial charge >= 0.3 is 0 Å². The van der Waals surface area contributed by atoms with Crippen LogP contribution in [0.25, 0.3) is 0 Å². The summed E-state index contributed by atoms with van der Waals surface area (Å²) in [4.78, 5) is 7.21. The van der Waals surface area contributed by atoms with E-state index in [2.05, 4.69) is 22.2 Å². The first kappa shape index (κ1) is 16.0. The molecule has 2 saturated heterocycles. The predicted molar refractivity (Wildman–Crippen MR) is 91.7 cm³/mol. The first-order valence-corrected chi connectivity index (χ1v) is 9.94. The van der Waals surface area contributed by atoms with Crippen LogP contribution in [0.1, 0.15) is 42.8 Å². The fraction of sp³-hybridized carbons (Fsp3) is 0.833. The van der Waals surface area contributed by atoms with Crippen LogP contribution in [0.4, 0.5) is 0 Å². The molecule has 4 nitrogen and oxygen atoms in total. The summed E-state index contributed by atoms with van der Waals surface area (Å²) in [6.45, 7) is 8.04. The summed E-state index contributed by atoms with van der Waals surface area (Å²) in [5, 5.41) is 3.40. The fourth-order valence-electron chi connectivity index (χ4n) is 4.11. The van der Waals surface area contributed by atoms with Gasteiger partial charge in [-0.15, -0.1) is 11.3 Å². The minimum atomic E-state index is 0.206. The second-order valence-electron chi connectivity index (χ2n) is 7.67. The van der Waals surface area contributed by atoms with Crippen LogP contribution >= 0.6 is 11.3 Å². The molecule has 0 amide bonds. The molecule has 1 aromatic heterocycles. The third-order valence-corrected chi connectivity index (χ3v) is 6.48. The Labute approximate surface area is 143 Å². The van der Waals surface area contributed by atoms with Gasteiger partial charge in [0.2, 0.25) is 0 Å². The molecule has 23 heavy (non-hydrogen) atoms. The molecule has 2 aliphatic heterocycles. The number of hydrogen-bond donors (Lipinski definition) is 0. The first-order chi connectivity index (χ1) is 11.2. The largest absolute Gasteiger partial charge is 0.380 e. The Balaban J connectivity index is 1.40. The zero-order valence-corrected chi connectivity index (χ0v) is 14.9. The van der Waals surface area contributed by atoms with Gasteiger partial charge in [-0.3, -0.25) is 4.90 Å². The highest BCUT2D eigenvalue weighted by atomic mass is 32.1. The summed E-state index contributed by atoms with van der Waals surface area (Å²) in [5.74, 6) is 0.840. The van der Waals surface area contributed by atoms with Crippen molar-refractivity contribution in [1.82, 2.24) is 9.88 Å². The summed E-state index contributed by atoms with van der Waals surface area (Å²) < 4.78 is 12.3. The molecule has 0 aromatic carbocycles. The van der Waals surface area contributed by atoms with E-state index in [1.165, 1.54) is 30.7 Å². The Bertz CT molecular complexity index is 531. The fourth-order valence-corrected chi connectivity index (χ4v) is 4.92. The van der Waals surface area contributed by atoms with Gasteiger partial charge < -0.3 is 9.47 Å². The van der Waals surface area contributed by atoms with Crippen molar-refractivity contribution in [1.29, 1.82) is 0 Å². The standard InChI is InChI=1S/C18H28N2O2S/c1-14-11-23-17(19-14)9-20-7-5-16-18(12-20,6-2-8-22-16)13-21-10-15-3-4-15/h11,15-16H,2-10,12-13H2,1H3/t16-,18+/m1/s1. The molecule has 3 heterocycles. The van der Waals surface area contributed by atoms with Crippen LogP contribution in [0.2, 0.25) is 0 Å². The quantitative estimate of drug-likeness (QED) is 0.799. The van der Waals surface area contributed by atoms with Gasteiger partial charge in [0.25, 0.3) is 0 Å². The van der Waals surface area contributed by atoms with Crippen LogP contribution in [0.3, 0.4) is 0 Å². The normalized spacial score (nSPS) is 32.0. The second kappa shape index (κ2) is 6.79. The smallest absolute Gasteiger partial charge is 0.107 e. The molecule has 1 aromatic rings. The maximum Gasteiger partial charge on any atom is 0.107 e. The highest BCUT2D eigenvalue weighted by Crippen LogP contribution is 2.41. The van der Waals surface area contributed by atoms with Crippen molar-refractivity contribution in [2.45, 2.75) is 51.7 Å². The molecule has 0 N–H and O–H groups in total. The number of aromatic nitrogens is 1. The van der Waals surface area contributed by atoms with E-state index in [0.717, 1.165) is 57.5 Å². The van der Waals surface area contributed by atoms with Gasteiger partial charge in [0, 0.05) is 42.8 Å². The van der Waals surface area contributed by atoms with Crippen molar-refractivity contribution < 1.29 is 9.47 Å². The molecular formula is C18H28N2O2S. The number of piperidine rings is 1. The number of nitrogens with zero attached hydrogens (tertiary/aromatic N) is 2. The number of thiazole rings is 1. The Morgan fingerprint density at radius 1 is 1.43 bits per heavy atom. The predicted octanol–water partition coefficient (Wildman–Crippen LogP) is 3.25. The van der Waals surface area contributed by atoms with Crippen molar-refractivity contribution in [2.75, 3.05) is 32.9 Å². The zero-order chi connectivity index (χ0) is 15.7. The molecule has 3 fully saturated rings. The number of ether oxygens (including phenoxy) is 2. The number of likely N-dealkylation sites (tertiary alicyclic amines) is 1. The maximum absolute atomic E-state index is 6.14. The number of fused-ring (bicyclic) bond motifs is 1. The van der Waals surface area contributed by atoms with E-state index in [4.69, 9.17) is 9.47 Å². The number of rotatable bonds is 6. The van der Waals surface area contributed by atoms with Crippen molar-refractivity contribution in [3.05, 3.63) is 16.1 Å². The minimum absolute atomic E-state index is 0.206. The van der Waals surface area contributed by atoms with Crippen LogP contribution in [0, 0.1) is 18.3 Å². The molecule has 0 spiro atoms. The average molecular weight is 337 g/mol. The van der Waals surface area contributed by atoms with E-state index in [1.54, 1.807) is 11.3 Å². The summed E-state index contributed by atoms with van der Waals surface area (Å²) in [7, 11) is 0. The van der Waals surface area contributed by atoms with E-state index < -0.39 is 0 Å². The summed E-state index contributed by atoms with van der Waals surface area (Å²) >= 11 is 1.79. The van der Waals surface area contributed by atoms with Gasteiger partial charge in [0.1, 0.15) is 5.01 Å². The number of aryl methyl sites for hydroxylation is 1. The van der Waals surface area contributed by atoms with Crippen LogP contribution in [-0.2, 0) is 16.0 Å². The summed E-state index contributed by atoms with van der Waals surface area (Å²) in [6, 6.07) is 0. The van der Waals surface area contributed by atoms with Crippen molar-refractivity contribution in [3.8, 4) is 0 Å². The first-order valence-electron chi connectivity index (χ1n) is 9.06. The highest BCUT2D eigenvalue weighted by molar-refractivity contribution is 7.09. The zero-order valence-electron chi connectivity index (χ0n) is 14.1. The Hall–Kier alpha value is -0.490. The van der Waals surface area contributed by atoms with Gasteiger partial charge in [-0.1, -0.05) is 0 Å². The van der Waals surface area contributed by atoms with Gasteiger partial charge in [-0.25, -0.2) is 4.98 Å². The Morgan fingerprint density at radius 3 is 3.13 bits per heavy atom. The molecule has 1 aliphatic carbocycles. The molecule has 1 saturated carbocycles. The number of hydrogen-bond acceptors (Lipinski definition) is 5. The molecule has 3 aliphatic rings. The maximum atomic E-state index is 6.14. The monoisotopic (exact) mass is 336 g/mol. The lowest BCUT2D eigenvalue weighted by Crippen LogP contribution is -2.56. The molecule has 0 radical (unpaired) electrons. The van der Waals surface area contributed by atoms with Crippen molar-refractivity contribution in [2.24, 2.45) is 11.3 Å². The molecule has 128 valence electrons. The SMILES string of the molecule is Cc1csc(CN2CC[C@H]3OCCC[C@@]3(COCC3CC3)C2)n1. The van der Waals surface area contributed by atoms with Gasteiger partial charge in [-0.2, -0.15) is 0 Å². The van der Waals surface area contributed by atoms with Crippen molar-refractivity contribution in [3.63, 3.8) is 0 Å². The van der Waals surface area contributed by atoms with Crippen molar-refractivity contribution >= 4 is 11.3 Å². The van der Waals surface area contributed by atoms with E-state index in [1.807, 2.05) is 0 Å². The lowest BCUT2D eigenvalue weighted by atomic mass is 9.73. The van der Waals surface area contributed by atoms with E-state index in [9.17, 15) is 0 Å². The topological polar surface area (TPSA) is 34.6 Å². The van der Waals surface area contributed by atoms with E-state index in [-0.39, 0.29) is 5.41 Å². The molecule has 0 unspecified atom stereocenters. The average Bonchev–Trinajstić information content (AvgIpc) is 3.28.